The molecule has 2 aromatic carbocycles. The van der Waals surface area contributed by atoms with Gasteiger partial charge in [0.2, 0.25) is 0 Å². The van der Waals surface area contributed by atoms with Crippen LogP contribution in [0, 0.1) is 11.8 Å². The highest BCUT2D eigenvalue weighted by molar-refractivity contribution is 6.01. The number of hydrogen-bond donors (Lipinski definition) is 0. The Bertz CT molecular complexity index is 927. The summed E-state index contributed by atoms with van der Waals surface area (Å²) in [6, 6.07) is 11.2. The molecule has 0 bridgehead atoms. The summed E-state index contributed by atoms with van der Waals surface area (Å²) >= 11 is 0. The molecule has 0 amide bonds. The van der Waals surface area contributed by atoms with E-state index in [1.165, 1.54) is 5.57 Å². The molecule has 1 aliphatic carbocycles. The number of rotatable bonds is 5. The second-order valence-electron chi connectivity index (χ2n) is 8.47. The fourth-order valence-electron chi connectivity index (χ4n) is 4.12. The topological polar surface area (TPSA) is 43.4 Å². The minimum atomic E-state index is -0.460. The lowest BCUT2D eigenvalue weighted by molar-refractivity contribution is -0.0615. The van der Waals surface area contributed by atoms with Gasteiger partial charge in [-0.15, -0.1) is 0 Å². The highest BCUT2D eigenvalue weighted by atomic mass is 16.6. The Balaban J connectivity index is 1.81. The van der Waals surface area contributed by atoms with Gasteiger partial charge in [0, 0.05) is 12.0 Å². The van der Waals surface area contributed by atoms with Crippen molar-refractivity contribution in [2.75, 3.05) is 0 Å². The summed E-state index contributed by atoms with van der Waals surface area (Å²) in [5.74, 6) is 0.598. The lowest BCUT2D eigenvalue weighted by Crippen LogP contribution is -2.43. The van der Waals surface area contributed by atoms with E-state index in [1.54, 1.807) is 6.07 Å². The van der Waals surface area contributed by atoms with E-state index < -0.39 is 5.60 Å². The maximum absolute atomic E-state index is 12.9. The molecule has 3 heteroatoms. The molecule has 1 fully saturated rings. The van der Waals surface area contributed by atoms with Gasteiger partial charge >= 0.3 is 5.97 Å². The molecule has 0 saturated heterocycles. The molecule has 0 spiro atoms. The van der Waals surface area contributed by atoms with Gasteiger partial charge in [-0.3, -0.25) is 4.79 Å². The zero-order valence-electron chi connectivity index (χ0n) is 17.4. The first-order chi connectivity index (χ1) is 13.2. The van der Waals surface area contributed by atoms with Crippen LogP contribution in [0.2, 0.25) is 0 Å². The number of carbonyl (C=O) groups excluding carboxylic acids is 2. The molecule has 1 aliphatic rings. The van der Waals surface area contributed by atoms with Gasteiger partial charge < -0.3 is 4.74 Å². The summed E-state index contributed by atoms with van der Waals surface area (Å²) in [6.07, 6.45) is 3.32. The standard InChI is InChI=1S/C25H30O3/c1-6-23(26)20-9-7-18-8-10-21(15-22(18)14-20)24(27)28-25(5)12-11-19(16(2)3)13-17(25)4/h7-10,14-15,17,19H,2,6,11-13H2,1,3-5H3/t17?,19-,25?/m1/s1. The molecule has 3 rings (SSSR count). The maximum atomic E-state index is 12.9. The normalized spacial score (nSPS) is 24.7. The number of ether oxygens (including phenoxy) is 1. The first kappa shape index (κ1) is 20.3. The van der Waals surface area contributed by atoms with Crippen LogP contribution in [-0.2, 0) is 4.74 Å². The lowest BCUT2D eigenvalue weighted by atomic mass is 9.71. The van der Waals surface area contributed by atoms with E-state index in [4.69, 9.17) is 4.74 Å². The van der Waals surface area contributed by atoms with Crippen LogP contribution in [-0.4, -0.2) is 17.4 Å². The Morgan fingerprint density at radius 3 is 2.39 bits per heavy atom. The molecule has 0 radical (unpaired) electrons. The number of ketones is 1. The average Bonchev–Trinajstić information content (AvgIpc) is 2.68. The number of benzene rings is 2. The predicted octanol–water partition coefficient (Wildman–Crippen LogP) is 6.36. The molecule has 2 aromatic rings. The molecule has 0 heterocycles. The molecule has 1 saturated carbocycles. The number of fused-ring (bicyclic) bond motifs is 1. The largest absolute Gasteiger partial charge is 0.455 e. The highest BCUT2D eigenvalue weighted by Crippen LogP contribution is 2.42. The van der Waals surface area contributed by atoms with Crippen LogP contribution in [0.15, 0.2) is 48.6 Å². The molecule has 0 aromatic heterocycles. The van der Waals surface area contributed by atoms with E-state index in [9.17, 15) is 9.59 Å². The molecule has 3 nitrogen and oxygen atoms in total. The third kappa shape index (κ3) is 4.04. The Labute approximate surface area is 167 Å². The zero-order valence-corrected chi connectivity index (χ0v) is 17.4. The molecule has 3 atom stereocenters. The van der Waals surface area contributed by atoms with Crippen LogP contribution in [0.5, 0.6) is 0 Å². The van der Waals surface area contributed by atoms with Crippen LogP contribution in [0.25, 0.3) is 10.8 Å². The number of carbonyl (C=O) groups is 2. The molecule has 0 N–H and O–H groups in total. The van der Waals surface area contributed by atoms with Gasteiger partial charge in [-0.2, -0.15) is 0 Å². The highest BCUT2D eigenvalue weighted by Gasteiger charge is 2.40. The molecular weight excluding hydrogens is 348 g/mol. The summed E-state index contributed by atoms with van der Waals surface area (Å²) in [6.45, 7) is 12.2. The third-order valence-electron chi connectivity index (χ3n) is 6.41. The summed E-state index contributed by atoms with van der Waals surface area (Å²) < 4.78 is 6.02. The Kier molecular flexibility index (Phi) is 5.74. The van der Waals surface area contributed by atoms with Crippen molar-refractivity contribution < 1.29 is 14.3 Å². The van der Waals surface area contributed by atoms with Crippen molar-refractivity contribution in [2.24, 2.45) is 11.8 Å². The van der Waals surface area contributed by atoms with Gasteiger partial charge in [-0.05, 0) is 73.9 Å². The minimum absolute atomic E-state index is 0.102. The van der Waals surface area contributed by atoms with Gasteiger partial charge in [-0.25, -0.2) is 4.79 Å². The van der Waals surface area contributed by atoms with E-state index in [-0.39, 0.29) is 17.7 Å². The number of hydrogen-bond acceptors (Lipinski definition) is 3. The van der Waals surface area contributed by atoms with E-state index in [1.807, 2.05) is 44.2 Å². The van der Waals surface area contributed by atoms with Gasteiger partial charge in [0.1, 0.15) is 5.60 Å². The third-order valence-corrected chi connectivity index (χ3v) is 6.41. The van der Waals surface area contributed by atoms with Crippen molar-refractivity contribution in [3.05, 3.63) is 59.7 Å². The van der Waals surface area contributed by atoms with E-state index in [0.29, 0.717) is 23.5 Å². The minimum Gasteiger partial charge on any atom is -0.455 e. The van der Waals surface area contributed by atoms with Crippen LogP contribution in [0.3, 0.4) is 0 Å². The van der Waals surface area contributed by atoms with Crippen LogP contribution in [0.1, 0.15) is 74.1 Å². The van der Waals surface area contributed by atoms with Gasteiger partial charge in [0.15, 0.2) is 5.78 Å². The van der Waals surface area contributed by atoms with Crippen LogP contribution < -0.4 is 0 Å². The van der Waals surface area contributed by atoms with Crippen molar-refractivity contribution in [2.45, 2.75) is 59.0 Å². The van der Waals surface area contributed by atoms with E-state index >= 15 is 0 Å². The first-order valence-corrected chi connectivity index (χ1v) is 10.2. The quantitative estimate of drug-likeness (QED) is 0.345. The SMILES string of the molecule is C=C(C)[C@@H]1CCC(C)(OC(=O)c2ccc3ccc(C(=O)CC)cc3c2)C(C)C1. The second kappa shape index (κ2) is 7.90. The molecular formula is C25H30O3. The monoisotopic (exact) mass is 378 g/mol. The molecule has 28 heavy (non-hydrogen) atoms. The van der Waals surface area contributed by atoms with Crippen molar-refractivity contribution in [1.82, 2.24) is 0 Å². The van der Waals surface area contributed by atoms with Crippen LogP contribution >= 0.6 is 0 Å². The number of esters is 1. The number of Topliss-reactive ketones (excluding diaryl/α,β-unsaturated/α-hetero) is 1. The Morgan fingerprint density at radius 2 is 1.79 bits per heavy atom. The summed E-state index contributed by atoms with van der Waals surface area (Å²) in [5, 5.41) is 1.89. The smallest absolute Gasteiger partial charge is 0.338 e. The van der Waals surface area contributed by atoms with Crippen molar-refractivity contribution in [3.63, 3.8) is 0 Å². The zero-order chi connectivity index (χ0) is 20.5. The fourth-order valence-corrected chi connectivity index (χ4v) is 4.12. The van der Waals surface area contributed by atoms with Crippen molar-refractivity contribution >= 4 is 22.5 Å². The van der Waals surface area contributed by atoms with Gasteiger partial charge in [0.05, 0.1) is 5.56 Å². The lowest BCUT2D eigenvalue weighted by Gasteiger charge is -2.42. The number of allylic oxidation sites excluding steroid dienone is 1. The van der Waals surface area contributed by atoms with E-state index in [2.05, 4.69) is 20.4 Å². The van der Waals surface area contributed by atoms with E-state index in [0.717, 1.165) is 30.0 Å². The fraction of sp³-hybridized carbons (Fsp3) is 0.440. The second-order valence-corrected chi connectivity index (χ2v) is 8.47. The Morgan fingerprint density at radius 1 is 1.14 bits per heavy atom. The van der Waals surface area contributed by atoms with Crippen LogP contribution in [0.4, 0.5) is 0 Å². The average molecular weight is 379 g/mol. The van der Waals surface area contributed by atoms with Gasteiger partial charge in [-0.1, -0.05) is 44.2 Å². The predicted molar refractivity (Wildman–Crippen MR) is 114 cm³/mol. The van der Waals surface area contributed by atoms with Crippen molar-refractivity contribution in [1.29, 1.82) is 0 Å². The molecule has 0 aliphatic heterocycles. The molecule has 2 unspecified atom stereocenters. The summed E-state index contributed by atoms with van der Waals surface area (Å²) in [5.41, 5.74) is 1.97. The maximum Gasteiger partial charge on any atom is 0.338 e. The van der Waals surface area contributed by atoms with Crippen molar-refractivity contribution in [3.8, 4) is 0 Å². The summed E-state index contributed by atoms with van der Waals surface area (Å²) in [4.78, 5) is 24.9. The van der Waals surface area contributed by atoms with Gasteiger partial charge in [0.25, 0.3) is 0 Å². The Hall–Kier alpha value is -2.42. The first-order valence-electron chi connectivity index (χ1n) is 10.2. The molecule has 148 valence electrons. The summed E-state index contributed by atoms with van der Waals surface area (Å²) in [7, 11) is 0.